The van der Waals surface area contributed by atoms with Gasteiger partial charge in [-0.25, -0.2) is 4.98 Å². The summed E-state index contributed by atoms with van der Waals surface area (Å²) < 4.78 is 13.9. The molecule has 0 aromatic carbocycles. The van der Waals surface area contributed by atoms with Gasteiger partial charge in [-0.3, -0.25) is 9.59 Å². The molecule has 0 fully saturated rings. The number of esters is 2. The summed E-state index contributed by atoms with van der Waals surface area (Å²) in [5.41, 5.74) is 0. The van der Waals surface area contributed by atoms with E-state index in [-0.39, 0.29) is 11.9 Å². The minimum Gasteiger partial charge on any atom is -0.465 e. The Kier molecular flexibility index (Phi) is 38.1. The van der Waals surface area contributed by atoms with Crippen LogP contribution >= 0.6 is 0 Å². The van der Waals surface area contributed by atoms with Crippen molar-refractivity contribution in [2.45, 2.75) is 246 Å². The first-order valence-corrected chi connectivity index (χ1v) is 25.0. The lowest BCUT2D eigenvalue weighted by atomic mass is 9.95. The molecule has 1 rings (SSSR count). The molecule has 7 heteroatoms. The normalized spacial score (nSPS) is 12.6. The summed E-state index contributed by atoms with van der Waals surface area (Å²) in [5, 5.41) is 0. The van der Waals surface area contributed by atoms with Gasteiger partial charge in [0.05, 0.1) is 19.5 Å². The Morgan fingerprint density at radius 3 is 1.26 bits per heavy atom. The number of aromatic nitrogens is 2. The molecule has 0 saturated heterocycles. The highest BCUT2D eigenvalue weighted by atomic mass is 16.5. The van der Waals surface area contributed by atoms with Crippen LogP contribution in [0.1, 0.15) is 240 Å². The summed E-state index contributed by atoms with van der Waals surface area (Å²) in [6, 6.07) is 0. The van der Waals surface area contributed by atoms with Crippen molar-refractivity contribution in [3.8, 4) is 0 Å². The number of rotatable bonds is 44. The summed E-state index contributed by atoms with van der Waals surface area (Å²) in [7, 11) is 0. The summed E-state index contributed by atoms with van der Waals surface area (Å²) in [6.45, 7) is 14.4. The fraction of sp³-hybridized carbons (Fsp3) is 0.900. The van der Waals surface area contributed by atoms with Crippen molar-refractivity contribution < 1.29 is 19.1 Å². The lowest BCUT2D eigenvalue weighted by molar-refractivity contribution is -0.146. The molecular weight excluding hydrogens is 707 g/mol. The standard InChI is InChI=1S/C50H95N3O4/c1-5-9-13-17-19-25-34-47(32-23-15-11-7-3)44-56-49(54)36-27-21-29-39-52(41-31-42-53-43-38-51-46-53)40-30-22-28-37-50(55)57-45-48(33-24-16-12-8-4)35-26-20-18-14-10-6-2/h38,43,46-48H,5-37,39-42,44-45H2,1-4H3. The molecule has 0 N–H and O–H groups in total. The summed E-state index contributed by atoms with van der Waals surface area (Å²) in [6.07, 6.45) is 44.9. The van der Waals surface area contributed by atoms with E-state index in [0.29, 0.717) is 37.9 Å². The van der Waals surface area contributed by atoms with Crippen molar-refractivity contribution in [1.29, 1.82) is 0 Å². The number of hydrogen-bond acceptors (Lipinski definition) is 6. The van der Waals surface area contributed by atoms with E-state index in [1.807, 2.05) is 18.7 Å². The predicted octanol–water partition coefficient (Wildman–Crippen LogP) is 14.5. The fourth-order valence-electron chi connectivity index (χ4n) is 8.13. The van der Waals surface area contributed by atoms with Crippen LogP contribution in [0.5, 0.6) is 0 Å². The van der Waals surface area contributed by atoms with Crippen LogP contribution in [0.15, 0.2) is 18.7 Å². The highest BCUT2D eigenvalue weighted by Gasteiger charge is 2.14. The van der Waals surface area contributed by atoms with Gasteiger partial charge in [-0.2, -0.15) is 0 Å². The monoisotopic (exact) mass is 802 g/mol. The van der Waals surface area contributed by atoms with Gasteiger partial charge in [0.25, 0.3) is 0 Å². The Balaban J connectivity index is 2.39. The Hall–Kier alpha value is -1.89. The van der Waals surface area contributed by atoms with Gasteiger partial charge in [-0.1, -0.05) is 169 Å². The summed E-state index contributed by atoms with van der Waals surface area (Å²) in [5.74, 6) is 1.03. The van der Waals surface area contributed by atoms with Crippen LogP contribution in [0.25, 0.3) is 0 Å². The highest BCUT2D eigenvalue weighted by molar-refractivity contribution is 5.69. The lowest BCUT2D eigenvalue weighted by Gasteiger charge is -2.22. The van der Waals surface area contributed by atoms with E-state index in [2.05, 4.69) is 42.1 Å². The third-order valence-corrected chi connectivity index (χ3v) is 12.0. The van der Waals surface area contributed by atoms with Crippen LogP contribution in [0.4, 0.5) is 0 Å². The molecule has 0 saturated carbocycles. The smallest absolute Gasteiger partial charge is 0.305 e. The first-order chi connectivity index (χ1) is 28.0. The molecule has 0 spiro atoms. The van der Waals surface area contributed by atoms with E-state index in [9.17, 15) is 9.59 Å². The number of carbonyl (C=O) groups is 2. The number of imidazole rings is 1. The van der Waals surface area contributed by atoms with Crippen LogP contribution in [0.3, 0.4) is 0 Å². The second-order valence-electron chi connectivity index (χ2n) is 17.5. The Labute approximate surface area is 354 Å². The van der Waals surface area contributed by atoms with E-state index in [4.69, 9.17) is 9.47 Å². The number of hydrogen-bond donors (Lipinski definition) is 0. The maximum Gasteiger partial charge on any atom is 0.305 e. The molecule has 0 amide bonds. The molecule has 0 aliphatic carbocycles. The molecule has 7 nitrogen and oxygen atoms in total. The van der Waals surface area contributed by atoms with Gasteiger partial charge in [-0.15, -0.1) is 0 Å². The number of unbranched alkanes of at least 4 members (excludes halogenated alkanes) is 20. The van der Waals surface area contributed by atoms with Gasteiger partial charge >= 0.3 is 11.9 Å². The third kappa shape index (κ3) is 34.7. The number of nitrogens with zero attached hydrogens (tertiary/aromatic N) is 3. The maximum atomic E-state index is 12.7. The van der Waals surface area contributed by atoms with E-state index in [1.54, 1.807) is 0 Å². The molecule has 0 aliphatic rings. The Morgan fingerprint density at radius 1 is 0.491 bits per heavy atom. The van der Waals surface area contributed by atoms with Crippen molar-refractivity contribution in [3.05, 3.63) is 18.7 Å². The van der Waals surface area contributed by atoms with Gasteiger partial charge < -0.3 is 18.9 Å². The number of carbonyl (C=O) groups excluding carboxylic acids is 2. The molecular formula is C50H95N3O4. The van der Waals surface area contributed by atoms with Crippen molar-refractivity contribution in [3.63, 3.8) is 0 Å². The Bertz CT molecular complexity index is 928. The molecule has 0 aliphatic heterocycles. The first-order valence-electron chi connectivity index (χ1n) is 25.0. The zero-order valence-corrected chi connectivity index (χ0v) is 38.4. The van der Waals surface area contributed by atoms with E-state index in [0.717, 1.165) is 71.1 Å². The number of aryl methyl sites for hydroxylation is 1. The molecule has 334 valence electrons. The van der Waals surface area contributed by atoms with Gasteiger partial charge in [0.15, 0.2) is 0 Å². The van der Waals surface area contributed by atoms with Crippen molar-refractivity contribution >= 4 is 11.9 Å². The predicted molar refractivity (Wildman–Crippen MR) is 243 cm³/mol. The highest BCUT2D eigenvalue weighted by Crippen LogP contribution is 2.21. The zero-order valence-electron chi connectivity index (χ0n) is 38.4. The summed E-state index contributed by atoms with van der Waals surface area (Å²) >= 11 is 0. The SMILES string of the molecule is CCCCCCCCC(CCCCCC)COC(=O)CCCCCN(CCCCCC(=O)OCC(CCCCCC)CCCCCCCC)CCCn1ccnc1. The quantitative estimate of drug-likeness (QED) is 0.0483. The van der Waals surface area contributed by atoms with E-state index < -0.39 is 0 Å². The first kappa shape index (κ1) is 53.1. The Morgan fingerprint density at radius 2 is 0.860 bits per heavy atom. The minimum absolute atomic E-state index is 0.00693. The maximum absolute atomic E-state index is 12.7. The number of ether oxygens (including phenoxy) is 2. The molecule has 0 radical (unpaired) electrons. The summed E-state index contributed by atoms with van der Waals surface area (Å²) in [4.78, 5) is 32.2. The second-order valence-corrected chi connectivity index (χ2v) is 17.5. The molecule has 57 heavy (non-hydrogen) atoms. The van der Waals surface area contributed by atoms with Crippen LogP contribution in [0, 0.1) is 11.8 Å². The van der Waals surface area contributed by atoms with Crippen LogP contribution < -0.4 is 0 Å². The van der Waals surface area contributed by atoms with Gasteiger partial charge in [0, 0.05) is 31.8 Å². The minimum atomic E-state index is -0.00693. The molecule has 0 bridgehead atoms. The van der Waals surface area contributed by atoms with Gasteiger partial charge in [-0.05, 0) is 89.3 Å². The third-order valence-electron chi connectivity index (χ3n) is 12.0. The zero-order chi connectivity index (χ0) is 41.3. The van der Waals surface area contributed by atoms with Gasteiger partial charge in [0.1, 0.15) is 0 Å². The lowest BCUT2D eigenvalue weighted by Crippen LogP contribution is -2.28. The van der Waals surface area contributed by atoms with E-state index >= 15 is 0 Å². The van der Waals surface area contributed by atoms with Gasteiger partial charge in [0.2, 0.25) is 0 Å². The van der Waals surface area contributed by atoms with Crippen molar-refractivity contribution in [2.75, 3.05) is 32.8 Å². The molecule has 1 aromatic rings. The average molecular weight is 802 g/mol. The average Bonchev–Trinajstić information content (AvgIpc) is 3.74. The topological polar surface area (TPSA) is 73.7 Å². The molecule has 1 heterocycles. The largest absolute Gasteiger partial charge is 0.465 e. The van der Waals surface area contributed by atoms with Crippen molar-refractivity contribution in [1.82, 2.24) is 14.5 Å². The van der Waals surface area contributed by atoms with Crippen LogP contribution in [-0.2, 0) is 25.6 Å². The fourth-order valence-corrected chi connectivity index (χ4v) is 8.13. The molecule has 1 aromatic heterocycles. The van der Waals surface area contributed by atoms with E-state index in [1.165, 1.54) is 154 Å². The second kappa shape index (κ2) is 40.9. The van der Waals surface area contributed by atoms with Crippen LogP contribution in [-0.4, -0.2) is 59.2 Å². The van der Waals surface area contributed by atoms with Crippen molar-refractivity contribution in [2.24, 2.45) is 11.8 Å². The molecule has 2 unspecified atom stereocenters. The molecule has 2 atom stereocenters. The van der Waals surface area contributed by atoms with Crippen LogP contribution in [0.2, 0.25) is 0 Å².